The van der Waals surface area contributed by atoms with Crippen molar-refractivity contribution in [1.82, 2.24) is 0 Å². The van der Waals surface area contributed by atoms with Crippen molar-refractivity contribution in [2.45, 2.75) is 194 Å². The highest BCUT2D eigenvalue weighted by Crippen LogP contribution is 2.12. The Balaban J connectivity index is 4.49. The third-order valence-electron chi connectivity index (χ3n) is 9.08. The van der Waals surface area contributed by atoms with Crippen LogP contribution >= 0.6 is 0 Å². The molecule has 1 unspecified atom stereocenters. The summed E-state index contributed by atoms with van der Waals surface area (Å²) in [7, 11) is 0. The smallest absolute Gasteiger partial charge is 0.306 e. The number of carbonyl (C=O) groups is 3. The monoisotopic (exact) mass is 791 g/mol. The predicted molar refractivity (Wildman–Crippen MR) is 242 cm³/mol. The molecule has 0 aliphatic carbocycles. The van der Waals surface area contributed by atoms with Crippen LogP contribution in [0.4, 0.5) is 0 Å². The van der Waals surface area contributed by atoms with E-state index in [9.17, 15) is 14.4 Å². The Bertz CT molecular complexity index is 1180. The minimum atomic E-state index is -0.812. The van der Waals surface area contributed by atoms with Gasteiger partial charge >= 0.3 is 17.9 Å². The van der Waals surface area contributed by atoms with E-state index in [1.54, 1.807) is 0 Å². The van der Waals surface area contributed by atoms with Crippen molar-refractivity contribution in [3.8, 4) is 0 Å². The van der Waals surface area contributed by atoms with Gasteiger partial charge in [-0.25, -0.2) is 0 Å². The number of rotatable bonds is 39. The van der Waals surface area contributed by atoms with Crippen molar-refractivity contribution in [2.24, 2.45) is 0 Å². The summed E-state index contributed by atoms with van der Waals surface area (Å²) >= 11 is 0. The minimum Gasteiger partial charge on any atom is -0.462 e. The number of esters is 3. The van der Waals surface area contributed by atoms with Crippen LogP contribution < -0.4 is 0 Å². The summed E-state index contributed by atoms with van der Waals surface area (Å²) in [5, 5.41) is 0. The fourth-order valence-corrected chi connectivity index (χ4v) is 5.68. The molecule has 0 amide bonds. The molecule has 322 valence electrons. The highest BCUT2D eigenvalue weighted by molar-refractivity contribution is 5.71. The zero-order valence-electron chi connectivity index (χ0n) is 36.6. The molecule has 1 atom stereocenters. The Hall–Kier alpha value is -3.67. The fraction of sp³-hybridized carbons (Fsp3) is 0.627. The maximum absolute atomic E-state index is 12.7. The topological polar surface area (TPSA) is 78.9 Å². The first-order valence-corrected chi connectivity index (χ1v) is 22.8. The van der Waals surface area contributed by atoms with Crippen molar-refractivity contribution in [3.05, 3.63) is 97.2 Å². The molecule has 0 N–H and O–H groups in total. The molecule has 0 aromatic rings. The molecule has 0 saturated heterocycles. The molecule has 0 aliphatic rings. The number of hydrogen-bond acceptors (Lipinski definition) is 6. The van der Waals surface area contributed by atoms with Crippen LogP contribution in [0, 0.1) is 0 Å². The van der Waals surface area contributed by atoms with Crippen LogP contribution in [0.5, 0.6) is 0 Å². The lowest BCUT2D eigenvalue weighted by atomic mass is 10.1. The van der Waals surface area contributed by atoms with Crippen LogP contribution in [0.2, 0.25) is 0 Å². The molecule has 0 spiro atoms. The number of allylic oxidation sites excluding steroid dienone is 16. The van der Waals surface area contributed by atoms with Crippen molar-refractivity contribution in [2.75, 3.05) is 13.2 Å². The maximum atomic E-state index is 12.7. The molecule has 0 bridgehead atoms. The predicted octanol–water partition coefficient (Wildman–Crippen LogP) is 14.6. The lowest BCUT2D eigenvalue weighted by Gasteiger charge is -2.18. The van der Waals surface area contributed by atoms with E-state index in [4.69, 9.17) is 14.2 Å². The molecule has 0 saturated carbocycles. The summed E-state index contributed by atoms with van der Waals surface area (Å²) in [5.74, 6) is -1.00. The Morgan fingerprint density at radius 1 is 0.386 bits per heavy atom. The van der Waals surface area contributed by atoms with Crippen molar-refractivity contribution in [3.63, 3.8) is 0 Å². The van der Waals surface area contributed by atoms with Gasteiger partial charge in [-0.15, -0.1) is 0 Å². The van der Waals surface area contributed by atoms with Crippen LogP contribution in [-0.2, 0) is 28.6 Å². The minimum absolute atomic E-state index is 0.110. The quantitative estimate of drug-likeness (QED) is 0.0203. The molecular formula is C51H82O6. The molecule has 0 radical (unpaired) electrons. The number of ether oxygens (including phenoxy) is 3. The molecule has 0 aliphatic heterocycles. The van der Waals surface area contributed by atoms with Gasteiger partial charge in [0.2, 0.25) is 0 Å². The highest BCUT2D eigenvalue weighted by Gasteiger charge is 2.19. The van der Waals surface area contributed by atoms with Crippen molar-refractivity contribution < 1.29 is 28.6 Å². The van der Waals surface area contributed by atoms with E-state index in [1.165, 1.54) is 25.7 Å². The summed E-state index contributed by atoms with van der Waals surface area (Å²) in [5.41, 5.74) is 0. The lowest BCUT2D eigenvalue weighted by Crippen LogP contribution is -2.30. The van der Waals surface area contributed by atoms with Crippen LogP contribution in [-0.4, -0.2) is 37.2 Å². The van der Waals surface area contributed by atoms with E-state index in [0.29, 0.717) is 19.3 Å². The SMILES string of the molecule is CC/C=C\C/C=C\C/C=C\CCCCCCCCC(=O)OCC(COC(=O)CCCCC/C=C\C=C/CCCC)OC(=O)CCCC/C=C\C/C=C\C/C=C\CC. The molecule has 6 heteroatoms. The van der Waals surface area contributed by atoms with Gasteiger partial charge in [0.05, 0.1) is 0 Å². The number of carbonyl (C=O) groups excluding carboxylic acids is 3. The molecule has 0 aromatic carbocycles. The van der Waals surface area contributed by atoms with Gasteiger partial charge in [0.25, 0.3) is 0 Å². The molecule has 6 nitrogen and oxygen atoms in total. The largest absolute Gasteiger partial charge is 0.462 e. The second kappa shape index (κ2) is 45.0. The molecule has 0 aromatic heterocycles. The van der Waals surface area contributed by atoms with Crippen LogP contribution in [0.15, 0.2) is 97.2 Å². The number of hydrogen-bond donors (Lipinski definition) is 0. The maximum Gasteiger partial charge on any atom is 0.306 e. The normalized spacial score (nSPS) is 13.0. The van der Waals surface area contributed by atoms with Gasteiger partial charge in [0.1, 0.15) is 13.2 Å². The fourth-order valence-electron chi connectivity index (χ4n) is 5.68. The Morgan fingerprint density at radius 2 is 0.737 bits per heavy atom. The second-order valence-electron chi connectivity index (χ2n) is 14.6. The standard InChI is InChI=1S/C51H82O6/c1-4-7-10-13-16-19-22-24-25-26-27-30-32-35-38-41-44-50(53)56-47-48(46-55-49(52)43-40-37-34-31-28-21-18-15-12-9-6-3)57-51(54)45-42-39-36-33-29-23-20-17-14-11-8-5-2/h7-8,10-11,15-21,24-25,28-29,33,48H,4-6,9,12-14,22-23,26-27,30-32,34-47H2,1-3H3/b10-7-,11-8-,18-15-,19-16-,20-17-,25-24-,28-21-,33-29-. The summed E-state index contributed by atoms with van der Waals surface area (Å²) in [6, 6.07) is 0. The first kappa shape index (κ1) is 53.3. The lowest BCUT2D eigenvalue weighted by molar-refractivity contribution is -0.167. The third-order valence-corrected chi connectivity index (χ3v) is 9.08. The summed E-state index contributed by atoms with van der Waals surface area (Å²) in [6.45, 7) is 6.26. The first-order valence-electron chi connectivity index (χ1n) is 22.8. The zero-order valence-corrected chi connectivity index (χ0v) is 36.6. The second-order valence-corrected chi connectivity index (χ2v) is 14.6. The molecule has 0 fully saturated rings. The van der Waals surface area contributed by atoms with Crippen LogP contribution in [0.3, 0.4) is 0 Å². The zero-order chi connectivity index (χ0) is 41.5. The van der Waals surface area contributed by atoms with Crippen molar-refractivity contribution in [1.29, 1.82) is 0 Å². The van der Waals surface area contributed by atoms with Crippen molar-refractivity contribution >= 4 is 17.9 Å². The molecular weight excluding hydrogens is 709 g/mol. The van der Waals surface area contributed by atoms with E-state index in [-0.39, 0.29) is 37.5 Å². The van der Waals surface area contributed by atoms with E-state index < -0.39 is 6.10 Å². The average Bonchev–Trinajstić information content (AvgIpc) is 3.21. The van der Waals surface area contributed by atoms with Gasteiger partial charge in [-0.3, -0.25) is 14.4 Å². The van der Waals surface area contributed by atoms with E-state index in [1.807, 2.05) is 0 Å². The molecule has 0 heterocycles. The summed E-state index contributed by atoms with van der Waals surface area (Å²) in [6.07, 6.45) is 58.2. The van der Waals surface area contributed by atoms with Gasteiger partial charge < -0.3 is 14.2 Å². The van der Waals surface area contributed by atoms with Crippen LogP contribution in [0.1, 0.15) is 188 Å². The van der Waals surface area contributed by atoms with Gasteiger partial charge in [-0.1, -0.05) is 163 Å². The third kappa shape index (κ3) is 43.3. The Morgan fingerprint density at radius 3 is 1.23 bits per heavy atom. The highest BCUT2D eigenvalue weighted by atomic mass is 16.6. The number of unbranched alkanes of at least 4 members (excludes halogenated alkanes) is 13. The summed E-state index contributed by atoms with van der Waals surface area (Å²) < 4.78 is 16.6. The van der Waals surface area contributed by atoms with E-state index >= 15 is 0 Å². The summed E-state index contributed by atoms with van der Waals surface area (Å²) in [4.78, 5) is 37.7. The molecule has 57 heavy (non-hydrogen) atoms. The van der Waals surface area contributed by atoms with E-state index in [2.05, 4.69) is 118 Å². The average molecular weight is 791 g/mol. The van der Waals surface area contributed by atoms with Gasteiger partial charge in [0, 0.05) is 19.3 Å². The van der Waals surface area contributed by atoms with Gasteiger partial charge in [-0.2, -0.15) is 0 Å². The Kier molecular flexibility index (Phi) is 42.1. The van der Waals surface area contributed by atoms with Gasteiger partial charge in [-0.05, 0) is 103 Å². The van der Waals surface area contributed by atoms with Gasteiger partial charge in [0.15, 0.2) is 6.10 Å². The first-order chi connectivity index (χ1) is 28.0. The van der Waals surface area contributed by atoms with E-state index in [0.717, 1.165) is 116 Å². The molecule has 0 rings (SSSR count). The Labute approximate surface area is 349 Å². The van der Waals surface area contributed by atoms with Crippen LogP contribution in [0.25, 0.3) is 0 Å².